The van der Waals surface area contributed by atoms with Gasteiger partial charge in [-0.15, -0.1) is 21.6 Å². The lowest BCUT2D eigenvalue weighted by Crippen LogP contribution is -2.23. The minimum Gasteiger partial charge on any atom is -0.286 e. The Bertz CT molecular complexity index is 941. The van der Waals surface area contributed by atoms with Crippen molar-refractivity contribution in [2.45, 2.75) is 19.1 Å². The quantitative estimate of drug-likeness (QED) is 0.396. The normalized spacial score (nSPS) is 11.5. The van der Waals surface area contributed by atoms with Crippen LogP contribution in [0.2, 0.25) is 0 Å². The van der Waals surface area contributed by atoms with Crippen molar-refractivity contribution >= 4 is 39.1 Å². The number of hydrogen-bond donors (Lipinski definition) is 2. The molecule has 2 heterocycles. The number of nitrogens with one attached hydrogen (secondary N) is 2. The molecule has 0 spiro atoms. The molecule has 3 rings (SSSR count). The fraction of sp³-hybridized carbons (Fsp3) is 0.188. The molecule has 0 aliphatic rings. The van der Waals surface area contributed by atoms with Gasteiger partial charge in [0.05, 0.1) is 5.69 Å². The van der Waals surface area contributed by atoms with Gasteiger partial charge in [-0.3, -0.25) is 15.3 Å². The van der Waals surface area contributed by atoms with E-state index < -0.39 is 5.56 Å². The number of hydrogen-bond acceptors (Lipinski definition) is 7. The molecule has 3 aromatic rings. The third-order valence-corrected chi connectivity index (χ3v) is 4.67. The molecule has 128 valence electrons. The lowest BCUT2D eigenvalue weighted by Gasteiger charge is -2.05. The van der Waals surface area contributed by atoms with E-state index in [-0.39, 0.29) is 16.1 Å². The van der Waals surface area contributed by atoms with Gasteiger partial charge in [-0.1, -0.05) is 55.9 Å². The van der Waals surface area contributed by atoms with E-state index >= 15 is 0 Å². The van der Waals surface area contributed by atoms with Gasteiger partial charge in [-0.25, -0.2) is 4.98 Å². The van der Waals surface area contributed by atoms with Crippen molar-refractivity contribution in [1.29, 1.82) is 5.41 Å². The number of aromatic amines is 1. The van der Waals surface area contributed by atoms with Gasteiger partial charge in [0.1, 0.15) is 0 Å². The van der Waals surface area contributed by atoms with Crippen LogP contribution in [0.25, 0.3) is 11.3 Å². The third-order valence-electron chi connectivity index (χ3n) is 3.13. The van der Waals surface area contributed by atoms with Crippen LogP contribution in [0.1, 0.15) is 13.8 Å². The topological polar surface area (TPSA) is 99.2 Å². The van der Waals surface area contributed by atoms with Gasteiger partial charge in [-0.2, -0.15) is 4.68 Å². The van der Waals surface area contributed by atoms with Crippen LogP contribution in [0.15, 0.2) is 56.9 Å². The molecule has 0 radical (unpaired) electrons. The molecular formula is C16H16N6OS2. The molecule has 2 aromatic heterocycles. The van der Waals surface area contributed by atoms with E-state index in [4.69, 9.17) is 5.41 Å². The van der Waals surface area contributed by atoms with E-state index in [1.165, 1.54) is 27.8 Å². The summed E-state index contributed by atoms with van der Waals surface area (Å²) in [6, 6.07) is 9.39. The standard InChI is InChI=1S/C16H16N6OS2/c1-10(2)25-15(17)22-14(23)13(19-20-16-18-8-9-24-16)12(21-22)11-6-4-3-5-7-11/h3-10,17,21H,1-2H3. The van der Waals surface area contributed by atoms with Gasteiger partial charge >= 0.3 is 5.56 Å². The molecular weight excluding hydrogens is 356 g/mol. The molecule has 0 fully saturated rings. The highest BCUT2D eigenvalue weighted by atomic mass is 32.2. The SMILES string of the molecule is CC(C)SC(=N)n1[nH]c(-c2ccccc2)c(N=Nc2nccs2)c1=O. The summed E-state index contributed by atoms with van der Waals surface area (Å²) in [6.07, 6.45) is 1.63. The summed E-state index contributed by atoms with van der Waals surface area (Å²) in [7, 11) is 0. The Balaban J connectivity index is 2.09. The van der Waals surface area contributed by atoms with Crippen LogP contribution in [0, 0.1) is 5.41 Å². The van der Waals surface area contributed by atoms with Crippen LogP contribution in [-0.2, 0) is 0 Å². The van der Waals surface area contributed by atoms with Crippen molar-refractivity contribution in [3.05, 3.63) is 52.3 Å². The summed E-state index contributed by atoms with van der Waals surface area (Å²) >= 11 is 2.62. The van der Waals surface area contributed by atoms with E-state index in [0.717, 1.165) is 5.56 Å². The molecule has 0 amide bonds. The van der Waals surface area contributed by atoms with Crippen molar-refractivity contribution < 1.29 is 0 Å². The van der Waals surface area contributed by atoms with Gasteiger partial charge in [-0.05, 0) is 0 Å². The number of rotatable bonds is 4. The molecule has 0 saturated carbocycles. The largest absolute Gasteiger partial charge is 0.301 e. The summed E-state index contributed by atoms with van der Waals surface area (Å²) in [4.78, 5) is 16.8. The van der Waals surface area contributed by atoms with Crippen LogP contribution in [-0.4, -0.2) is 25.2 Å². The second kappa shape index (κ2) is 7.58. The maximum absolute atomic E-state index is 12.8. The number of thiazole rings is 1. The fourth-order valence-electron chi connectivity index (χ4n) is 2.10. The number of azo groups is 1. The van der Waals surface area contributed by atoms with E-state index in [1.807, 2.05) is 44.2 Å². The number of aromatic nitrogens is 3. The first-order valence-electron chi connectivity index (χ1n) is 7.53. The number of nitrogens with zero attached hydrogens (tertiary/aromatic N) is 4. The zero-order valence-corrected chi connectivity index (χ0v) is 15.3. The first-order chi connectivity index (χ1) is 12.1. The van der Waals surface area contributed by atoms with Crippen molar-refractivity contribution in [2.24, 2.45) is 10.2 Å². The minimum absolute atomic E-state index is 0.118. The summed E-state index contributed by atoms with van der Waals surface area (Å²) < 4.78 is 1.20. The molecule has 1 aromatic carbocycles. The molecule has 0 atom stereocenters. The van der Waals surface area contributed by atoms with E-state index in [9.17, 15) is 4.79 Å². The van der Waals surface area contributed by atoms with Gasteiger partial charge in [0.25, 0.3) is 0 Å². The fourth-order valence-corrected chi connectivity index (χ4v) is 3.24. The summed E-state index contributed by atoms with van der Waals surface area (Å²) in [6.45, 7) is 3.93. The van der Waals surface area contributed by atoms with Gasteiger partial charge in [0.15, 0.2) is 10.9 Å². The Morgan fingerprint density at radius 1 is 1.32 bits per heavy atom. The molecule has 0 aliphatic carbocycles. The Labute approximate surface area is 152 Å². The van der Waals surface area contributed by atoms with E-state index in [1.54, 1.807) is 11.6 Å². The van der Waals surface area contributed by atoms with E-state index in [2.05, 4.69) is 20.3 Å². The first-order valence-corrected chi connectivity index (χ1v) is 9.29. The van der Waals surface area contributed by atoms with Crippen molar-refractivity contribution in [2.75, 3.05) is 0 Å². The number of benzene rings is 1. The van der Waals surface area contributed by atoms with Gasteiger partial charge in [0.2, 0.25) is 5.13 Å². The summed E-state index contributed by atoms with van der Waals surface area (Å²) in [5.74, 6) is 0. The zero-order valence-electron chi connectivity index (χ0n) is 13.6. The van der Waals surface area contributed by atoms with Crippen LogP contribution in [0.3, 0.4) is 0 Å². The highest BCUT2D eigenvalue weighted by Gasteiger charge is 2.19. The Morgan fingerprint density at radius 2 is 2.08 bits per heavy atom. The predicted molar refractivity (Wildman–Crippen MR) is 103 cm³/mol. The maximum atomic E-state index is 12.8. The van der Waals surface area contributed by atoms with Gasteiger partial charge in [0, 0.05) is 22.4 Å². The Morgan fingerprint density at radius 3 is 2.72 bits per heavy atom. The molecule has 2 N–H and O–H groups in total. The summed E-state index contributed by atoms with van der Waals surface area (Å²) in [5, 5.41) is 21.9. The van der Waals surface area contributed by atoms with Crippen molar-refractivity contribution in [3.63, 3.8) is 0 Å². The van der Waals surface area contributed by atoms with Crippen LogP contribution < -0.4 is 5.56 Å². The van der Waals surface area contributed by atoms with Crippen LogP contribution in [0.4, 0.5) is 10.8 Å². The molecule has 0 unspecified atom stereocenters. The zero-order chi connectivity index (χ0) is 17.8. The second-order valence-electron chi connectivity index (χ2n) is 5.33. The monoisotopic (exact) mass is 372 g/mol. The van der Waals surface area contributed by atoms with E-state index in [0.29, 0.717) is 10.8 Å². The highest BCUT2D eigenvalue weighted by molar-refractivity contribution is 8.14. The average molecular weight is 372 g/mol. The summed E-state index contributed by atoms with van der Waals surface area (Å²) in [5.41, 5.74) is 1.08. The predicted octanol–water partition coefficient (Wildman–Crippen LogP) is 4.64. The smallest absolute Gasteiger partial charge is 0.286 e. The Hall–Kier alpha value is -2.52. The molecule has 0 bridgehead atoms. The highest BCUT2D eigenvalue weighted by Crippen LogP contribution is 2.28. The number of thioether (sulfide) groups is 1. The third kappa shape index (κ3) is 3.94. The number of H-pyrrole nitrogens is 1. The lowest BCUT2D eigenvalue weighted by molar-refractivity contribution is 0.911. The molecule has 0 saturated heterocycles. The van der Waals surface area contributed by atoms with Crippen molar-refractivity contribution in [3.8, 4) is 11.3 Å². The second-order valence-corrected chi connectivity index (χ2v) is 7.77. The van der Waals surface area contributed by atoms with Gasteiger partial charge < -0.3 is 0 Å². The molecule has 25 heavy (non-hydrogen) atoms. The molecule has 0 aliphatic heterocycles. The minimum atomic E-state index is -0.405. The maximum Gasteiger partial charge on any atom is 0.301 e. The Kier molecular flexibility index (Phi) is 5.25. The molecule has 9 heteroatoms. The van der Waals surface area contributed by atoms with Crippen LogP contribution >= 0.6 is 23.1 Å². The lowest BCUT2D eigenvalue weighted by atomic mass is 10.1. The molecule has 7 nitrogen and oxygen atoms in total. The first kappa shape index (κ1) is 17.3. The average Bonchev–Trinajstić information content (AvgIpc) is 3.21. The van der Waals surface area contributed by atoms with Crippen molar-refractivity contribution in [1.82, 2.24) is 14.8 Å². The van der Waals surface area contributed by atoms with Crippen LogP contribution in [0.5, 0.6) is 0 Å².